The highest BCUT2D eigenvalue weighted by atomic mass is 16.2. The van der Waals surface area contributed by atoms with Gasteiger partial charge in [0.1, 0.15) is 0 Å². The van der Waals surface area contributed by atoms with Gasteiger partial charge >= 0.3 is 6.03 Å². The minimum atomic E-state index is -0.276. The topological polar surface area (TPSA) is 44.4 Å². The number of piperidine rings is 1. The van der Waals surface area contributed by atoms with Gasteiger partial charge in [-0.3, -0.25) is 4.90 Å². The van der Waals surface area contributed by atoms with Crippen LogP contribution in [-0.4, -0.2) is 35.6 Å². The predicted octanol–water partition coefficient (Wildman–Crippen LogP) is 3.48. The number of hydrogen-bond donors (Lipinski definition) is 2. The van der Waals surface area contributed by atoms with Crippen LogP contribution in [0.5, 0.6) is 0 Å². The number of benzene rings is 1. The first-order valence-corrected chi connectivity index (χ1v) is 8.62. The Morgan fingerprint density at radius 3 is 2.17 bits per heavy atom. The molecule has 4 heteroatoms. The normalized spacial score (nSPS) is 18.7. The summed E-state index contributed by atoms with van der Waals surface area (Å²) >= 11 is 0. The molecule has 23 heavy (non-hydrogen) atoms. The van der Waals surface area contributed by atoms with Crippen molar-refractivity contribution in [3.8, 4) is 0 Å². The molecule has 1 heterocycles. The van der Waals surface area contributed by atoms with Crippen molar-refractivity contribution < 1.29 is 4.79 Å². The average molecular weight is 317 g/mol. The van der Waals surface area contributed by atoms with Gasteiger partial charge in [0.2, 0.25) is 0 Å². The lowest BCUT2D eigenvalue weighted by Crippen LogP contribution is -2.58. The molecule has 0 atom stereocenters. The summed E-state index contributed by atoms with van der Waals surface area (Å²) in [5.41, 5.74) is 1.10. The largest absolute Gasteiger partial charge is 0.336 e. The zero-order chi connectivity index (χ0) is 17.1. The molecule has 2 N–H and O–H groups in total. The number of hydrogen-bond acceptors (Lipinski definition) is 2. The molecule has 2 rings (SSSR count). The second-order valence-corrected chi connectivity index (χ2v) is 7.86. The number of nitrogens with one attached hydrogen (secondary N) is 2. The Bertz CT molecular complexity index is 511. The first-order chi connectivity index (χ1) is 10.7. The zero-order valence-electron chi connectivity index (χ0n) is 15.1. The SMILES string of the molecule is CC(C)NC(=O)NC1(c2ccccc2)CCN(C(C)(C)C)CC1. The molecule has 0 radical (unpaired) electrons. The van der Waals surface area contributed by atoms with Crippen molar-refractivity contribution in [2.75, 3.05) is 13.1 Å². The molecule has 0 aliphatic carbocycles. The van der Waals surface area contributed by atoms with Crippen molar-refractivity contribution in [3.05, 3.63) is 35.9 Å². The molecular formula is C19H31N3O. The maximum absolute atomic E-state index is 12.3. The number of amides is 2. The quantitative estimate of drug-likeness (QED) is 0.896. The van der Waals surface area contributed by atoms with E-state index >= 15 is 0 Å². The van der Waals surface area contributed by atoms with Crippen molar-refractivity contribution in [1.82, 2.24) is 15.5 Å². The fraction of sp³-hybridized carbons (Fsp3) is 0.632. The van der Waals surface area contributed by atoms with Crippen LogP contribution >= 0.6 is 0 Å². The van der Waals surface area contributed by atoms with E-state index in [1.54, 1.807) is 0 Å². The van der Waals surface area contributed by atoms with Gasteiger partial charge in [0.25, 0.3) is 0 Å². The number of urea groups is 1. The third-order valence-corrected chi connectivity index (χ3v) is 4.66. The van der Waals surface area contributed by atoms with E-state index in [1.165, 1.54) is 5.56 Å². The third kappa shape index (κ3) is 4.47. The molecule has 0 unspecified atom stereocenters. The Morgan fingerprint density at radius 2 is 1.70 bits per heavy atom. The fourth-order valence-corrected chi connectivity index (χ4v) is 3.32. The second-order valence-electron chi connectivity index (χ2n) is 7.86. The van der Waals surface area contributed by atoms with Crippen LogP contribution in [0.2, 0.25) is 0 Å². The number of carbonyl (C=O) groups is 1. The maximum atomic E-state index is 12.3. The summed E-state index contributed by atoms with van der Waals surface area (Å²) in [5.74, 6) is 0. The Kier molecular flexibility index (Phi) is 5.35. The highest BCUT2D eigenvalue weighted by Crippen LogP contribution is 2.35. The van der Waals surface area contributed by atoms with Gasteiger partial charge in [0, 0.05) is 24.7 Å². The lowest BCUT2D eigenvalue weighted by atomic mass is 9.80. The zero-order valence-corrected chi connectivity index (χ0v) is 15.1. The molecule has 1 aromatic carbocycles. The summed E-state index contributed by atoms with van der Waals surface area (Å²) in [6.45, 7) is 12.7. The Morgan fingerprint density at radius 1 is 1.13 bits per heavy atom. The van der Waals surface area contributed by atoms with Gasteiger partial charge in [-0.25, -0.2) is 4.79 Å². The van der Waals surface area contributed by atoms with E-state index in [1.807, 2.05) is 19.9 Å². The summed E-state index contributed by atoms with van der Waals surface area (Å²) in [5, 5.41) is 6.24. The van der Waals surface area contributed by atoms with Gasteiger partial charge in [0.05, 0.1) is 5.54 Å². The van der Waals surface area contributed by atoms with Crippen molar-refractivity contribution in [3.63, 3.8) is 0 Å². The standard InChI is InChI=1S/C19H31N3O/c1-15(2)20-17(23)21-19(16-9-7-6-8-10-16)11-13-22(14-12-19)18(3,4)5/h6-10,15H,11-14H2,1-5H3,(H2,20,21,23). The van der Waals surface area contributed by atoms with Gasteiger partial charge in [-0.05, 0) is 53.0 Å². The van der Waals surface area contributed by atoms with Crippen LogP contribution in [0.25, 0.3) is 0 Å². The first-order valence-electron chi connectivity index (χ1n) is 8.62. The molecule has 128 valence electrons. The lowest BCUT2D eigenvalue weighted by molar-refractivity contribution is 0.0654. The Labute approximate surface area is 140 Å². The minimum Gasteiger partial charge on any atom is -0.336 e. The van der Waals surface area contributed by atoms with E-state index < -0.39 is 0 Å². The molecule has 4 nitrogen and oxygen atoms in total. The lowest BCUT2D eigenvalue weighted by Gasteiger charge is -2.47. The van der Waals surface area contributed by atoms with Gasteiger partial charge in [-0.2, -0.15) is 0 Å². The summed E-state index contributed by atoms with van der Waals surface area (Å²) in [7, 11) is 0. The Balaban J connectivity index is 2.19. The van der Waals surface area contributed by atoms with Crippen molar-refractivity contribution in [2.24, 2.45) is 0 Å². The van der Waals surface area contributed by atoms with E-state index in [-0.39, 0.29) is 23.2 Å². The summed E-state index contributed by atoms with van der Waals surface area (Å²) < 4.78 is 0. The number of nitrogens with zero attached hydrogens (tertiary/aromatic N) is 1. The Hall–Kier alpha value is -1.55. The summed E-state index contributed by atoms with van der Waals surface area (Å²) in [4.78, 5) is 14.8. The average Bonchev–Trinajstić information content (AvgIpc) is 2.46. The molecule has 1 fully saturated rings. The van der Waals surface area contributed by atoms with E-state index in [0.29, 0.717) is 0 Å². The third-order valence-electron chi connectivity index (χ3n) is 4.66. The van der Waals surface area contributed by atoms with Crippen LogP contribution in [0.15, 0.2) is 30.3 Å². The van der Waals surface area contributed by atoms with E-state index in [4.69, 9.17) is 0 Å². The molecule has 0 spiro atoms. The fourth-order valence-electron chi connectivity index (χ4n) is 3.32. The van der Waals surface area contributed by atoms with Crippen LogP contribution in [-0.2, 0) is 5.54 Å². The van der Waals surface area contributed by atoms with Crippen LogP contribution in [0.1, 0.15) is 53.0 Å². The van der Waals surface area contributed by atoms with Gasteiger partial charge < -0.3 is 10.6 Å². The summed E-state index contributed by atoms with van der Waals surface area (Å²) in [6.07, 6.45) is 1.86. The molecule has 1 aliphatic rings. The molecule has 0 bridgehead atoms. The molecule has 0 saturated carbocycles. The second kappa shape index (κ2) is 6.91. The molecular weight excluding hydrogens is 286 g/mol. The molecule has 1 saturated heterocycles. The number of likely N-dealkylation sites (tertiary alicyclic amines) is 1. The smallest absolute Gasteiger partial charge is 0.315 e. The first kappa shape index (κ1) is 17.8. The predicted molar refractivity (Wildman–Crippen MR) is 95.5 cm³/mol. The molecule has 0 aromatic heterocycles. The van der Waals surface area contributed by atoms with Crippen LogP contribution < -0.4 is 10.6 Å². The molecule has 1 aromatic rings. The van der Waals surface area contributed by atoms with Crippen LogP contribution in [0, 0.1) is 0 Å². The minimum absolute atomic E-state index is 0.0759. The van der Waals surface area contributed by atoms with Crippen molar-refractivity contribution in [1.29, 1.82) is 0 Å². The van der Waals surface area contributed by atoms with Gasteiger partial charge in [-0.15, -0.1) is 0 Å². The maximum Gasteiger partial charge on any atom is 0.315 e. The molecule has 1 aliphatic heterocycles. The number of rotatable bonds is 3. The van der Waals surface area contributed by atoms with E-state index in [9.17, 15) is 4.79 Å². The van der Waals surface area contributed by atoms with E-state index in [0.717, 1.165) is 25.9 Å². The van der Waals surface area contributed by atoms with Crippen molar-refractivity contribution >= 4 is 6.03 Å². The van der Waals surface area contributed by atoms with Crippen molar-refractivity contribution in [2.45, 2.75) is 64.6 Å². The molecule has 2 amide bonds. The monoisotopic (exact) mass is 317 g/mol. The van der Waals surface area contributed by atoms with E-state index in [2.05, 4.69) is 60.6 Å². The van der Waals surface area contributed by atoms with Crippen LogP contribution in [0.3, 0.4) is 0 Å². The number of carbonyl (C=O) groups excluding carboxylic acids is 1. The van der Waals surface area contributed by atoms with Gasteiger partial charge in [0.15, 0.2) is 0 Å². The highest BCUT2D eigenvalue weighted by molar-refractivity contribution is 5.75. The van der Waals surface area contributed by atoms with Gasteiger partial charge in [-0.1, -0.05) is 30.3 Å². The van der Waals surface area contributed by atoms with Crippen LogP contribution in [0.4, 0.5) is 4.79 Å². The summed E-state index contributed by atoms with van der Waals surface area (Å²) in [6, 6.07) is 10.4. The highest BCUT2D eigenvalue weighted by Gasteiger charge is 2.39.